The Hall–Kier alpha value is -2.07. The Kier molecular flexibility index (Phi) is 58.8. The summed E-state index contributed by atoms with van der Waals surface area (Å²) in [5, 5.41) is 59.0. The van der Waals surface area contributed by atoms with Crippen LogP contribution in [0, 0.1) is 61.3 Å². The first-order chi connectivity index (χ1) is 6.93. The third kappa shape index (κ3) is 543. The second-order valence-electron chi connectivity index (χ2n) is 0.894. The number of hydrogen-bond donors (Lipinski definition) is 0. The zero-order chi connectivity index (χ0) is 14.3. The van der Waals surface area contributed by atoms with E-state index in [9.17, 15) is 0 Å². The van der Waals surface area contributed by atoms with Gasteiger partial charge in [0.15, 0.2) is 0 Å². The average molecular weight is 372 g/mol. The number of hydrogen-bond acceptors (Lipinski definition) is 12. The molecular weight excluding hydrogens is 372 g/mol. The van der Waals surface area contributed by atoms with Gasteiger partial charge in [-0.25, -0.2) is 0 Å². The molecule has 0 aromatic carbocycles. The fourth-order valence-corrected chi connectivity index (χ4v) is 0. The van der Waals surface area contributed by atoms with Crippen LogP contribution in [0.15, 0.2) is 0 Å². The van der Waals surface area contributed by atoms with Crippen LogP contribution < -0.4 is 0 Å². The fourth-order valence-electron chi connectivity index (χ4n) is 0. The molecule has 0 aromatic heterocycles. The first kappa shape index (κ1) is 36.0. The summed E-state index contributed by atoms with van der Waals surface area (Å²) in [5.74, 6) is 0. The predicted octanol–water partition coefficient (Wildman–Crippen LogP) is -0.961. The Morgan fingerprint density at radius 2 is 0.444 bits per heavy atom. The van der Waals surface area contributed by atoms with Gasteiger partial charge in [0.25, 0.3) is 0 Å². The number of rotatable bonds is 0. The normalized spacial score (nSPS) is 5.33. The van der Waals surface area contributed by atoms with E-state index < -0.39 is 20.3 Å². The summed E-state index contributed by atoms with van der Waals surface area (Å²) in [6, 6.07) is 0. The Bertz CT molecular complexity index is 164. The van der Waals surface area contributed by atoms with Crippen molar-refractivity contribution in [1.29, 1.82) is 0 Å². The van der Waals surface area contributed by atoms with Gasteiger partial charge in [-0.3, -0.25) is 0 Å². The van der Waals surface area contributed by atoms with Gasteiger partial charge in [-0.05, 0) is 0 Å². The van der Waals surface area contributed by atoms with E-state index in [2.05, 4.69) is 0 Å². The van der Waals surface area contributed by atoms with Gasteiger partial charge in [0, 0.05) is 0 Å². The maximum Gasteiger partial charge on any atom is 2.00 e. The zero-order valence-electron chi connectivity index (χ0n) is 7.73. The van der Waals surface area contributed by atoms with E-state index in [1.165, 1.54) is 0 Å². The molecule has 0 atom stereocenters. The van der Waals surface area contributed by atoms with Gasteiger partial charge in [-0.2, -0.15) is 0 Å². The molecular formula is CoN4O12Zn. The molecule has 0 N–H and O–H groups in total. The van der Waals surface area contributed by atoms with E-state index in [0.717, 1.165) is 0 Å². The molecule has 18 heteroatoms. The minimum Gasteiger partial charge on any atom is -0.356 e. The quantitative estimate of drug-likeness (QED) is 0.282. The van der Waals surface area contributed by atoms with Crippen molar-refractivity contribution in [1.82, 2.24) is 0 Å². The molecule has 0 aliphatic rings. The van der Waals surface area contributed by atoms with E-state index in [-0.39, 0.29) is 36.3 Å². The third-order valence-electron chi connectivity index (χ3n) is 0. The molecule has 18 heavy (non-hydrogen) atoms. The first-order valence-electron chi connectivity index (χ1n) is 2.19. The van der Waals surface area contributed by atoms with Gasteiger partial charge >= 0.3 is 36.3 Å². The minimum atomic E-state index is -1.75. The van der Waals surface area contributed by atoms with Crippen molar-refractivity contribution in [3.8, 4) is 0 Å². The molecule has 1 radical (unpaired) electrons. The van der Waals surface area contributed by atoms with Gasteiger partial charge in [0.1, 0.15) is 0 Å². The van der Waals surface area contributed by atoms with E-state index >= 15 is 0 Å². The van der Waals surface area contributed by atoms with Crippen LogP contribution in [0.4, 0.5) is 0 Å². The van der Waals surface area contributed by atoms with Gasteiger partial charge in [-0.1, -0.05) is 0 Å². The summed E-state index contributed by atoms with van der Waals surface area (Å²) in [6.07, 6.45) is 0. The van der Waals surface area contributed by atoms with Gasteiger partial charge in [0.05, 0.1) is 20.3 Å². The summed E-state index contributed by atoms with van der Waals surface area (Å²) < 4.78 is 0. The van der Waals surface area contributed by atoms with Crippen LogP contribution in [-0.4, -0.2) is 20.3 Å². The Labute approximate surface area is 118 Å². The number of nitrogens with zero attached hydrogens (tertiary/aromatic N) is 4. The molecule has 0 aliphatic carbocycles. The second-order valence-corrected chi connectivity index (χ2v) is 0.894. The molecule has 0 fully saturated rings. The van der Waals surface area contributed by atoms with Gasteiger partial charge in [0.2, 0.25) is 0 Å². The molecule has 0 bridgehead atoms. The molecule has 0 heterocycles. The van der Waals surface area contributed by atoms with Crippen LogP contribution in [0.25, 0.3) is 0 Å². The standard InChI is InChI=1S/Co.4NO3.Zn/c;4*2-1(3)4;/q+2;4*-1;+2. The molecule has 16 nitrogen and oxygen atoms in total. The molecule has 103 valence electrons. The van der Waals surface area contributed by atoms with Crippen molar-refractivity contribution in [3.63, 3.8) is 0 Å². The smallest absolute Gasteiger partial charge is 0.356 e. The summed E-state index contributed by atoms with van der Waals surface area (Å²) in [6.45, 7) is 0. The van der Waals surface area contributed by atoms with E-state index in [1.54, 1.807) is 0 Å². The molecule has 0 saturated heterocycles. The zero-order valence-corrected chi connectivity index (χ0v) is 11.7. The van der Waals surface area contributed by atoms with Crippen LogP contribution >= 0.6 is 0 Å². The molecule has 0 spiro atoms. The summed E-state index contributed by atoms with van der Waals surface area (Å²) >= 11 is 0. The van der Waals surface area contributed by atoms with E-state index in [4.69, 9.17) is 61.3 Å². The molecule has 0 aromatic rings. The van der Waals surface area contributed by atoms with Crippen molar-refractivity contribution in [3.05, 3.63) is 61.3 Å². The third-order valence-corrected chi connectivity index (χ3v) is 0. The molecule has 0 rings (SSSR count). The predicted molar refractivity (Wildman–Crippen MR) is 41.4 cm³/mol. The molecule has 0 aliphatic heterocycles. The topological polar surface area (TPSA) is 265 Å². The van der Waals surface area contributed by atoms with Crippen LogP contribution in [0.3, 0.4) is 0 Å². The van der Waals surface area contributed by atoms with Gasteiger partial charge in [-0.15, -0.1) is 0 Å². The SMILES string of the molecule is O=[N+]([O-])[O-].O=[N+]([O-])[O-].O=[N+]([O-])[O-].O=[N+]([O-])[O-].[Co+2].[Zn+2]. The Morgan fingerprint density at radius 3 is 0.444 bits per heavy atom. The van der Waals surface area contributed by atoms with Crippen molar-refractivity contribution in [2.45, 2.75) is 0 Å². The fraction of sp³-hybridized carbons (Fsp3) is 0. The van der Waals surface area contributed by atoms with Crippen LogP contribution in [-0.2, 0) is 36.3 Å². The molecule has 0 saturated carbocycles. The van der Waals surface area contributed by atoms with Crippen molar-refractivity contribution in [2.24, 2.45) is 0 Å². The van der Waals surface area contributed by atoms with Crippen molar-refractivity contribution >= 4 is 0 Å². The monoisotopic (exact) mass is 371 g/mol. The van der Waals surface area contributed by atoms with Gasteiger partial charge < -0.3 is 61.3 Å². The summed E-state index contributed by atoms with van der Waals surface area (Å²) in [5.41, 5.74) is 0. The first-order valence-corrected chi connectivity index (χ1v) is 2.19. The Balaban J connectivity index is -0.0000000257. The summed E-state index contributed by atoms with van der Waals surface area (Å²) in [7, 11) is 0. The summed E-state index contributed by atoms with van der Waals surface area (Å²) in [4.78, 5) is 33.0. The van der Waals surface area contributed by atoms with E-state index in [0.29, 0.717) is 0 Å². The van der Waals surface area contributed by atoms with E-state index in [1.807, 2.05) is 0 Å². The molecule has 0 amide bonds. The van der Waals surface area contributed by atoms with Crippen molar-refractivity contribution in [2.75, 3.05) is 0 Å². The average Bonchev–Trinajstić information content (AvgIpc) is 1.76. The second kappa shape index (κ2) is 29.4. The maximum absolute atomic E-state index is 8.25. The van der Waals surface area contributed by atoms with Crippen LogP contribution in [0.5, 0.6) is 0 Å². The van der Waals surface area contributed by atoms with Crippen molar-refractivity contribution < 1.29 is 56.6 Å². The Morgan fingerprint density at radius 1 is 0.444 bits per heavy atom. The van der Waals surface area contributed by atoms with Crippen LogP contribution in [0.2, 0.25) is 0 Å². The van der Waals surface area contributed by atoms with Crippen LogP contribution in [0.1, 0.15) is 0 Å². The minimum absolute atomic E-state index is 0. The molecule has 0 unspecified atom stereocenters. The maximum atomic E-state index is 8.25. The largest absolute Gasteiger partial charge is 2.00 e.